The number of hydrogen-bond donors (Lipinski definition) is 0. The van der Waals surface area contributed by atoms with Crippen molar-refractivity contribution in [2.45, 2.75) is 110 Å². The SMILES string of the molecule is CCC(CC)C(=O)N(C1CCCCC1)C1CCN(C(=O)OC(C)(C)C)CC1. The quantitative estimate of drug-likeness (QED) is 0.675. The van der Waals surface area contributed by atoms with Gasteiger partial charge in [-0.3, -0.25) is 4.79 Å². The van der Waals surface area contributed by atoms with E-state index in [1.807, 2.05) is 25.7 Å². The Labute approximate surface area is 165 Å². The van der Waals surface area contributed by atoms with Gasteiger partial charge in [0.25, 0.3) is 0 Å². The highest BCUT2D eigenvalue weighted by Gasteiger charge is 2.37. The average molecular weight is 381 g/mol. The summed E-state index contributed by atoms with van der Waals surface area (Å²) in [5.41, 5.74) is -0.465. The summed E-state index contributed by atoms with van der Waals surface area (Å²) in [6.45, 7) is 11.3. The van der Waals surface area contributed by atoms with Crippen LogP contribution in [-0.4, -0.2) is 52.6 Å². The van der Waals surface area contributed by atoms with Gasteiger partial charge >= 0.3 is 6.09 Å². The predicted octanol–water partition coefficient (Wildman–Crippen LogP) is 4.98. The lowest BCUT2D eigenvalue weighted by molar-refractivity contribution is -0.143. The van der Waals surface area contributed by atoms with E-state index >= 15 is 0 Å². The molecule has 1 heterocycles. The van der Waals surface area contributed by atoms with Gasteiger partial charge in [-0.1, -0.05) is 33.1 Å². The Kier molecular flexibility index (Phi) is 7.99. The van der Waals surface area contributed by atoms with Crippen molar-refractivity contribution in [2.24, 2.45) is 5.92 Å². The van der Waals surface area contributed by atoms with Crippen molar-refractivity contribution in [3.05, 3.63) is 0 Å². The minimum absolute atomic E-state index is 0.135. The zero-order chi connectivity index (χ0) is 20.0. The number of piperidine rings is 1. The normalized spacial score (nSPS) is 20.0. The van der Waals surface area contributed by atoms with Crippen LogP contribution in [0.2, 0.25) is 0 Å². The summed E-state index contributed by atoms with van der Waals surface area (Å²) < 4.78 is 5.52. The summed E-state index contributed by atoms with van der Waals surface area (Å²) in [6.07, 6.45) is 9.35. The summed E-state index contributed by atoms with van der Waals surface area (Å²) >= 11 is 0. The molecule has 0 N–H and O–H groups in total. The van der Waals surface area contributed by atoms with Crippen molar-refractivity contribution >= 4 is 12.0 Å². The van der Waals surface area contributed by atoms with Crippen LogP contribution < -0.4 is 0 Å². The van der Waals surface area contributed by atoms with Gasteiger partial charge in [-0.15, -0.1) is 0 Å². The molecular formula is C22H40N2O3. The van der Waals surface area contributed by atoms with Crippen LogP contribution in [0, 0.1) is 5.92 Å². The fourth-order valence-corrected chi connectivity index (χ4v) is 4.52. The van der Waals surface area contributed by atoms with E-state index < -0.39 is 5.60 Å². The second-order valence-corrected chi connectivity index (χ2v) is 9.25. The van der Waals surface area contributed by atoms with E-state index in [1.54, 1.807) is 0 Å². The maximum absolute atomic E-state index is 13.3. The fraction of sp³-hybridized carbons (Fsp3) is 0.909. The Morgan fingerprint density at radius 1 is 0.963 bits per heavy atom. The van der Waals surface area contributed by atoms with Gasteiger partial charge in [0.1, 0.15) is 5.60 Å². The molecule has 2 aliphatic rings. The molecule has 0 radical (unpaired) electrons. The number of carbonyl (C=O) groups is 2. The number of carbonyl (C=O) groups excluding carboxylic acids is 2. The van der Waals surface area contributed by atoms with Crippen LogP contribution in [-0.2, 0) is 9.53 Å². The van der Waals surface area contributed by atoms with Gasteiger partial charge in [0.05, 0.1) is 0 Å². The van der Waals surface area contributed by atoms with Crippen molar-refractivity contribution in [1.29, 1.82) is 0 Å². The Bertz CT molecular complexity index is 482. The number of rotatable bonds is 5. The largest absolute Gasteiger partial charge is 0.444 e. The molecule has 0 bridgehead atoms. The van der Waals surface area contributed by atoms with Crippen LogP contribution in [0.1, 0.15) is 92.4 Å². The molecule has 2 rings (SSSR count). The Balaban J connectivity index is 2.04. The molecule has 5 nitrogen and oxygen atoms in total. The first-order chi connectivity index (χ1) is 12.8. The van der Waals surface area contributed by atoms with Crippen LogP contribution in [0.3, 0.4) is 0 Å². The maximum atomic E-state index is 13.3. The molecule has 1 aliphatic carbocycles. The number of amides is 2. The highest BCUT2D eigenvalue weighted by molar-refractivity contribution is 5.79. The lowest BCUT2D eigenvalue weighted by Gasteiger charge is -2.45. The van der Waals surface area contributed by atoms with Gasteiger partial charge in [-0.05, 0) is 59.3 Å². The molecule has 0 aromatic heterocycles. The summed E-state index contributed by atoms with van der Waals surface area (Å²) in [5.74, 6) is 0.485. The zero-order valence-corrected chi connectivity index (χ0v) is 18.1. The molecule has 0 aromatic carbocycles. The smallest absolute Gasteiger partial charge is 0.410 e. The van der Waals surface area contributed by atoms with Crippen molar-refractivity contribution in [3.8, 4) is 0 Å². The van der Waals surface area contributed by atoms with Crippen molar-refractivity contribution in [2.75, 3.05) is 13.1 Å². The van der Waals surface area contributed by atoms with Gasteiger partial charge in [0, 0.05) is 31.1 Å². The number of nitrogens with zero attached hydrogens (tertiary/aromatic N) is 2. The zero-order valence-electron chi connectivity index (χ0n) is 18.1. The standard InChI is InChI=1S/C22H40N2O3/c1-6-17(7-2)20(25)24(18-11-9-8-10-12-18)19-13-15-23(16-14-19)21(26)27-22(3,4)5/h17-19H,6-16H2,1-5H3. The van der Waals surface area contributed by atoms with Crippen LogP contribution in [0.25, 0.3) is 0 Å². The summed E-state index contributed by atoms with van der Waals surface area (Å²) in [7, 11) is 0. The highest BCUT2D eigenvalue weighted by atomic mass is 16.6. The lowest BCUT2D eigenvalue weighted by Crippen LogP contribution is -2.54. The third-order valence-electron chi connectivity index (χ3n) is 6.07. The molecule has 2 fully saturated rings. The Hall–Kier alpha value is -1.26. The van der Waals surface area contributed by atoms with Crippen LogP contribution in [0.4, 0.5) is 4.79 Å². The minimum Gasteiger partial charge on any atom is -0.444 e. The number of likely N-dealkylation sites (tertiary alicyclic amines) is 1. The molecule has 5 heteroatoms. The molecule has 0 spiro atoms. The second-order valence-electron chi connectivity index (χ2n) is 9.25. The van der Waals surface area contributed by atoms with Gasteiger partial charge in [-0.2, -0.15) is 0 Å². The lowest BCUT2D eigenvalue weighted by atomic mass is 9.89. The van der Waals surface area contributed by atoms with Crippen LogP contribution >= 0.6 is 0 Å². The van der Waals surface area contributed by atoms with E-state index in [0.717, 1.165) is 38.5 Å². The van der Waals surface area contributed by atoms with Crippen molar-refractivity contribution in [3.63, 3.8) is 0 Å². The van der Waals surface area contributed by atoms with Crippen LogP contribution in [0.5, 0.6) is 0 Å². The van der Waals surface area contributed by atoms with Crippen molar-refractivity contribution in [1.82, 2.24) is 9.80 Å². The number of ether oxygens (including phenoxy) is 1. The topological polar surface area (TPSA) is 49.9 Å². The second kappa shape index (κ2) is 9.79. The first-order valence-corrected chi connectivity index (χ1v) is 11.1. The first-order valence-electron chi connectivity index (χ1n) is 11.1. The van der Waals surface area contributed by atoms with E-state index in [2.05, 4.69) is 18.7 Å². The van der Waals surface area contributed by atoms with Crippen molar-refractivity contribution < 1.29 is 14.3 Å². The Morgan fingerprint density at radius 2 is 1.48 bits per heavy atom. The summed E-state index contributed by atoms with van der Waals surface area (Å²) in [6, 6.07) is 0.657. The molecule has 0 aromatic rings. The molecule has 1 aliphatic heterocycles. The molecule has 0 unspecified atom stereocenters. The summed E-state index contributed by atoms with van der Waals surface area (Å²) in [5, 5.41) is 0. The molecule has 27 heavy (non-hydrogen) atoms. The van der Waals surface area contributed by atoms with E-state index in [1.165, 1.54) is 19.3 Å². The molecule has 0 atom stereocenters. The van der Waals surface area contributed by atoms with E-state index in [-0.39, 0.29) is 18.1 Å². The van der Waals surface area contributed by atoms with Gasteiger partial charge in [0.15, 0.2) is 0 Å². The Morgan fingerprint density at radius 3 is 1.96 bits per heavy atom. The third-order valence-corrected chi connectivity index (χ3v) is 6.07. The van der Waals surface area contributed by atoms with Gasteiger partial charge in [0.2, 0.25) is 5.91 Å². The maximum Gasteiger partial charge on any atom is 0.410 e. The monoisotopic (exact) mass is 380 g/mol. The van der Waals surface area contributed by atoms with Crippen LogP contribution in [0.15, 0.2) is 0 Å². The molecule has 2 amide bonds. The summed E-state index contributed by atoms with van der Waals surface area (Å²) in [4.78, 5) is 29.7. The molecular weight excluding hydrogens is 340 g/mol. The molecule has 156 valence electrons. The fourth-order valence-electron chi connectivity index (χ4n) is 4.52. The molecule has 1 saturated carbocycles. The molecule has 1 saturated heterocycles. The van der Waals surface area contributed by atoms with E-state index in [9.17, 15) is 9.59 Å². The highest BCUT2D eigenvalue weighted by Crippen LogP contribution is 2.30. The minimum atomic E-state index is -0.465. The first kappa shape index (κ1) is 22.0. The van der Waals surface area contributed by atoms with Gasteiger partial charge in [-0.25, -0.2) is 4.79 Å². The van der Waals surface area contributed by atoms with E-state index in [4.69, 9.17) is 4.74 Å². The van der Waals surface area contributed by atoms with Gasteiger partial charge < -0.3 is 14.5 Å². The third kappa shape index (κ3) is 6.11. The van der Waals surface area contributed by atoms with E-state index in [0.29, 0.717) is 25.0 Å². The average Bonchev–Trinajstić information content (AvgIpc) is 2.63. The number of hydrogen-bond acceptors (Lipinski definition) is 3. The predicted molar refractivity (Wildman–Crippen MR) is 109 cm³/mol.